The molecule has 18 heavy (non-hydrogen) atoms. The largest absolute Gasteiger partial charge is 0.396 e. The molecule has 0 spiro atoms. The molecule has 0 saturated carbocycles. The van der Waals surface area contributed by atoms with Gasteiger partial charge in [-0.1, -0.05) is 13.8 Å². The van der Waals surface area contributed by atoms with Gasteiger partial charge in [-0.25, -0.2) is 9.97 Å². The Morgan fingerprint density at radius 3 is 3.00 bits per heavy atom. The van der Waals surface area contributed by atoms with Gasteiger partial charge in [0.15, 0.2) is 0 Å². The first-order valence-corrected chi connectivity index (χ1v) is 7.03. The van der Waals surface area contributed by atoms with Crippen LogP contribution in [0.4, 0.5) is 5.82 Å². The first-order valence-electron chi connectivity index (χ1n) is 6.15. The van der Waals surface area contributed by atoms with Crippen molar-refractivity contribution in [3.63, 3.8) is 0 Å². The van der Waals surface area contributed by atoms with Gasteiger partial charge in [-0.3, -0.25) is 0 Å². The minimum atomic E-state index is 0.150. The summed E-state index contributed by atoms with van der Waals surface area (Å²) in [4.78, 5) is 8.52. The highest BCUT2D eigenvalue weighted by atomic mass is 32.1. The third kappa shape index (κ3) is 3.17. The number of hydrogen-bond acceptors (Lipinski definition) is 5. The van der Waals surface area contributed by atoms with Crippen LogP contribution >= 0.6 is 11.3 Å². The predicted octanol–water partition coefficient (Wildman–Crippen LogP) is 2.90. The van der Waals surface area contributed by atoms with E-state index in [0.29, 0.717) is 0 Å². The number of thiophene rings is 1. The Hall–Kier alpha value is -1.20. The summed E-state index contributed by atoms with van der Waals surface area (Å²) in [6.45, 7) is 5.49. The van der Waals surface area contributed by atoms with E-state index in [-0.39, 0.29) is 12.0 Å². The number of hydrogen-bond donors (Lipinski definition) is 2. The van der Waals surface area contributed by atoms with Gasteiger partial charge in [0.1, 0.15) is 12.1 Å². The molecule has 0 amide bonds. The van der Waals surface area contributed by atoms with Crippen molar-refractivity contribution in [1.29, 1.82) is 0 Å². The molecule has 0 aliphatic rings. The molecule has 2 aromatic heterocycles. The van der Waals surface area contributed by atoms with E-state index in [0.717, 1.165) is 35.4 Å². The molecule has 2 N–H and O–H groups in total. The van der Waals surface area contributed by atoms with E-state index in [9.17, 15) is 0 Å². The van der Waals surface area contributed by atoms with Crippen molar-refractivity contribution in [2.75, 3.05) is 18.5 Å². The van der Waals surface area contributed by atoms with E-state index >= 15 is 0 Å². The Morgan fingerprint density at radius 2 is 2.22 bits per heavy atom. The van der Waals surface area contributed by atoms with Crippen LogP contribution < -0.4 is 5.32 Å². The summed E-state index contributed by atoms with van der Waals surface area (Å²) < 4.78 is 1.11. The molecule has 0 radical (unpaired) electrons. The van der Waals surface area contributed by atoms with Crippen molar-refractivity contribution in [2.45, 2.75) is 26.7 Å². The molecule has 4 nitrogen and oxygen atoms in total. The van der Waals surface area contributed by atoms with Crippen LogP contribution in [0.25, 0.3) is 10.2 Å². The van der Waals surface area contributed by atoms with E-state index in [1.54, 1.807) is 17.7 Å². The average Bonchev–Trinajstić information content (AvgIpc) is 2.82. The number of aliphatic hydroxyl groups excluding tert-OH is 1. The van der Waals surface area contributed by atoms with Crippen LogP contribution in [0.3, 0.4) is 0 Å². The lowest BCUT2D eigenvalue weighted by Gasteiger charge is -2.24. The fourth-order valence-electron chi connectivity index (χ4n) is 1.88. The van der Waals surface area contributed by atoms with Gasteiger partial charge < -0.3 is 10.4 Å². The average molecular weight is 265 g/mol. The van der Waals surface area contributed by atoms with Gasteiger partial charge in [0.25, 0.3) is 0 Å². The van der Waals surface area contributed by atoms with Gasteiger partial charge >= 0.3 is 0 Å². The molecule has 5 heteroatoms. The number of rotatable bonds is 6. The number of anilines is 1. The SMILES string of the molecule is CC(C)(CCCO)CNc1ncnc2ccsc12. The van der Waals surface area contributed by atoms with Crippen LogP contribution in [-0.2, 0) is 0 Å². The molecule has 2 rings (SSSR count). The molecular formula is C13H19N3OS. The van der Waals surface area contributed by atoms with E-state index in [1.165, 1.54) is 0 Å². The quantitative estimate of drug-likeness (QED) is 0.843. The fourth-order valence-corrected chi connectivity index (χ4v) is 2.69. The maximum absolute atomic E-state index is 8.89. The smallest absolute Gasteiger partial charge is 0.147 e. The Balaban J connectivity index is 2.03. The van der Waals surface area contributed by atoms with E-state index in [4.69, 9.17) is 5.11 Å². The lowest BCUT2D eigenvalue weighted by molar-refractivity contribution is 0.248. The third-order valence-corrected chi connectivity index (χ3v) is 3.90. The van der Waals surface area contributed by atoms with E-state index < -0.39 is 0 Å². The summed E-state index contributed by atoms with van der Waals surface area (Å²) in [6, 6.07) is 2.00. The Morgan fingerprint density at radius 1 is 1.39 bits per heavy atom. The second-order valence-corrected chi connectivity index (χ2v) is 6.12. The highest BCUT2D eigenvalue weighted by molar-refractivity contribution is 7.17. The summed E-state index contributed by atoms with van der Waals surface area (Å²) in [5.41, 5.74) is 1.14. The van der Waals surface area contributed by atoms with Gasteiger partial charge in [-0.15, -0.1) is 11.3 Å². The lowest BCUT2D eigenvalue weighted by atomic mass is 9.88. The number of aromatic nitrogens is 2. The Labute approximate surface area is 111 Å². The predicted molar refractivity (Wildman–Crippen MR) is 76.0 cm³/mol. The van der Waals surface area contributed by atoms with Crippen LogP contribution in [0, 0.1) is 5.41 Å². The van der Waals surface area contributed by atoms with Crippen molar-refractivity contribution < 1.29 is 5.11 Å². The van der Waals surface area contributed by atoms with Gasteiger partial charge in [0.05, 0.1) is 10.2 Å². The second kappa shape index (κ2) is 5.63. The summed E-state index contributed by atoms with van der Waals surface area (Å²) in [6.07, 6.45) is 3.43. The Kier molecular flexibility index (Phi) is 4.14. The zero-order valence-electron chi connectivity index (χ0n) is 10.8. The van der Waals surface area contributed by atoms with Crippen LogP contribution in [0.1, 0.15) is 26.7 Å². The summed E-state index contributed by atoms with van der Waals surface area (Å²) >= 11 is 1.65. The van der Waals surface area contributed by atoms with Gasteiger partial charge in [0.2, 0.25) is 0 Å². The number of nitrogens with one attached hydrogen (secondary N) is 1. The molecule has 0 aliphatic heterocycles. The zero-order valence-corrected chi connectivity index (χ0v) is 11.6. The normalized spacial score (nSPS) is 11.9. The molecule has 0 bridgehead atoms. The molecule has 2 heterocycles. The van der Waals surface area contributed by atoms with Gasteiger partial charge in [-0.05, 0) is 29.7 Å². The molecular weight excluding hydrogens is 246 g/mol. The number of aliphatic hydroxyl groups is 1. The van der Waals surface area contributed by atoms with Crippen LogP contribution in [0.15, 0.2) is 17.8 Å². The molecule has 0 fully saturated rings. The van der Waals surface area contributed by atoms with E-state index in [2.05, 4.69) is 29.1 Å². The van der Waals surface area contributed by atoms with Crippen molar-refractivity contribution in [3.8, 4) is 0 Å². The molecule has 0 unspecified atom stereocenters. The minimum absolute atomic E-state index is 0.150. The summed E-state index contributed by atoms with van der Waals surface area (Å²) in [7, 11) is 0. The van der Waals surface area contributed by atoms with Crippen molar-refractivity contribution in [2.24, 2.45) is 5.41 Å². The number of fused-ring (bicyclic) bond motifs is 1. The van der Waals surface area contributed by atoms with Crippen LogP contribution in [0.5, 0.6) is 0 Å². The molecule has 0 atom stereocenters. The third-order valence-electron chi connectivity index (χ3n) is 2.99. The van der Waals surface area contributed by atoms with E-state index in [1.807, 2.05) is 11.4 Å². The molecule has 0 aliphatic carbocycles. The monoisotopic (exact) mass is 265 g/mol. The molecule has 0 saturated heterocycles. The molecule has 0 aromatic carbocycles. The zero-order chi connectivity index (χ0) is 13.0. The molecule has 2 aromatic rings. The first kappa shape index (κ1) is 13.2. The lowest BCUT2D eigenvalue weighted by Crippen LogP contribution is -2.23. The standard InChI is InChI=1S/C13H19N3OS/c1-13(2,5-3-6-17)8-14-12-11-10(4-7-18-11)15-9-16-12/h4,7,9,17H,3,5-6,8H2,1-2H3,(H,14,15,16). The van der Waals surface area contributed by atoms with Gasteiger partial charge in [-0.2, -0.15) is 0 Å². The maximum Gasteiger partial charge on any atom is 0.147 e. The highest BCUT2D eigenvalue weighted by Gasteiger charge is 2.17. The Bertz CT molecular complexity index is 510. The highest BCUT2D eigenvalue weighted by Crippen LogP contribution is 2.27. The van der Waals surface area contributed by atoms with Crippen molar-refractivity contribution in [3.05, 3.63) is 17.8 Å². The summed E-state index contributed by atoms with van der Waals surface area (Å²) in [5.74, 6) is 0.909. The van der Waals surface area contributed by atoms with Crippen molar-refractivity contribution >= 4 is 27.4 Å². The van der Waals surface area contributed by atoms with Crippen LogP contribution in [-0.4, -0.2) is 28.2 Å². The summed E-state index contributed by atoms with van der Waals surface area (Å²) in [5, 5.41) is 14.3. The minimum Gasteiger partial charge on any atom is -0.396 e. The first-order chi connectivity index (χ1) is 8.62. The van der Waals surface area contributed by atoms with Crippen LogP contribution in [0.2, 0.25) is 0 Å². The number of nitrogens with zero attached hydrogens (tertiary/aromatic N) is 2. The maximum atomic E-state index is 8.89. The fraction of sp³-hybridized carbons (Fsp3) is 0.538. The molecule has 98 valence electrons. The second-order valence-electron chi connectivity index (χ2n) is 5.20. The van der Waals surface area contributed by atoms with Gasteiger partial charge in [0, 0.05) is 13.2 Å². The topological polar surface area (TPSA) is 58.0 Å². The van der Waals surface area contributed by atoms with Crippen molar-refractivity contribution in [1.82, 2.24) is 9.97 Å².